The van der Waals surface area contributed by atoms with Gasteiger partial charge < -0.3 is 9.84 Å². The summed E-state index contributed by atoms with van der Waals surface area (Å²) in [4.78, 5) is 26.1. The smallest absolute Gasteiger partial charge is 0.410 e. The van der Waals surface area contributed by atoms with Crippen molar-refractivity contribution in [2.45, 2.75) is 46.4 Å². The molecule has 0 aliphatic rings. The molecule has 1 N–H and O–H groups in total. The normalized spacial score (nSPS) is 11.2. The van der Waals surface area contributed by atoms with Crippen LogP contribution in [0.25, 0.3) is 5.69 Å². The molecule has 31 heavy (non-hydrogen) atoms. The quantitative estimate of drug-likeness (QED) is 0.617. The van der Waals surface area contributed by atoms with E-state index < -0.39 is 17.7 Å². The van der Waals surface area contributed by atoms with Crippen molar-refractivity contribution in [3.63, 3.8) is 0 Å². The molecule has 162 valence electrons. The molecule has 0 aliphatic heterocycles. The van der Waals surface area contributed by atoms with E-state index in [1.54, 1.807) is 17.9 Å². The summed E-state index contributed by atoms with van der Waals surface area (Å²) in [6.07, 6.45) is -0.414. The summed E-state index contributed by atoms with van der Waals surface area (Å²) in [6, 6.07) is 18.6. The van der Waals surface area contributed by atoms with Crippen molar-refractivity contribution in [2.24, 2.45) is 0 Å². The first-order chi connectivity index (χ1) is 14.6. The molecule has 0 atom stereocenters. The van der Waals surface area contributed by atoms with Crippen LogP contribution >= 0.6 is 0 Å². The van der Waals surface area contributed by atoms with Gasteiger partial charge in [-0.1, -0.05) is 42.5 Å². The second-order valence-electron chi connectivity index (χ2n) is 8.38. The number of carboxylic acid groups (broad SMARTS) is 1. The molecular weight excluding hydrogens is 394 g/mol. The van der Waals surface area contributed by atoms with Crippen molar-refractivity contribution in [2.75, 3.05) is 0 Å². The Morgan fingerprint density at radius 2 is 1.65 bits per heavy atom. The lowest BCUT2D eigenvalue weighted by Gasteiger charge is -2.27. The first-order valence-corrected chi connectivity index (χ1v) is 10.0. The number of carbonyl (C=O) groups excluding carboxylic acids is 1. The van der Waals surface area contributed by atoms with Crippen LogP contribution in [-0.4, -0.2) is 37.5 Å². The molecule has 7 nitrogen and oxygen atoms in total. The summed E-state index contributed by atoms with van der Waals surface area (Å²) >= 11 is 0. The van der Waals surface area contributed by atoms with E-state index in [-0.39, 0.29) is 5.69 Å². The van der Waals surface area contributed by atoms with Crippen molar-refractivity contribution < 1.29 is 19.4 Å². The van der Waals surface area contributed by atoms with Crippen LogP contribution in [0, 0.1) is 6.92 Å². The standard InChI is InChI=1S/C24H27N3O4/c1-17-13-21(22(28)29)27(25-17)20-12-8-11-19(14-20)16-26(23(30)31-24(2,3)4)15-18-9-6-5-7-10-18/h5-14H,15-16H2,1-4H3,(H,28,29). The SMILES string of the molecule is Cc1cc(C(=O)O)n(-c2cccc(CN(Cc3ccccc3)C(=O)OC(C)(C)C)c2)n1. The third-order valence-corrected chi connectivity index (χ3v) is 4.45. The number of carbonyl (C=O) groups is 2. The lowest BCUT2D eigenvalue weighted by molar-refractivity contribution is 0.0216. The molecule has 3 rings (SSSR count). The van der Waals surface area contributed by atoms with Gasteiger partial charge in [0.2, 0.25) is 0 Å². The Kier molecular flexibility index (Phi) is 6.44. The van der Waals surface area contributed by atoms with E-state index in [1.807, 2.05) is 69.3 Å². The number of rotatable bonds is 6. The molecule has 0 saturated heterocycles. The van der Waals surface area contributed by atoms with Gasteiger partial charge in [0, 0.05) is 13.1 Å². The highest BCUT2D eigenvalue weighted by atomic mass is 16.6. The van der Waals surface area contributed by atoms with Gasteiger partial charge in [-0.3, -0.25) is 4.90 Å². The maximum atomic E-state index is 12.9. The molecule has 2 aromatic carbocycles. The van der Waals surface area contributed by atoms with Gasteiger partial charge in [-0.05, 0) is 57.0 Å². The van der Waals surface area contributed by atoms with Gasteiger partial charge in [0.15, 0.2) is 5.69 Å². The molecule has 0 unspecified atom stereocenters. The summed E-state index contributed by atoms with van der Waals surface area (Å²) in [5.74, 6) is -1.05. The number of aryl methyl sites for hydroxylation is 1. The zero-order valence-electron chi connectivity index (χ0n) is 18.2. The number of benzene rings is 2. The van der Waals surface area contributed by atoms with Crippen molar-refractivity contribution in [1.82, 2.24) is 14.7 Å². The molecule has 3 aromatic rings. The number of carboxylic acids is 1. The fraction of sp³-hybridized carbons (Fsp3) is 0.292. The van der Waals surface area contributed by atoms with Crippen molar-refractivity contribution in [3.8, 4) is 5.69 Å². The Morgan fingerprint density at radius 1 is 1.00 bits per heavy atom. The lowest BCUT2D eigenvalue weighted by atomic mass is 10.1. The van der Waals surface area contributed by atoms with Crippen LogP contribution in [0.1, 0.15) is 48.1 Å². The van der Waals surface area contributed by atoms with Gasteiger partial charge in [-0.2, -0.15) is 5.10 Å². The van der Waals surface area contributed by atoms with Gasteiger partial charge in [0.25, 0.3) is 0 Å². The molecule has 0 bridgehead atoms. The predicted octanol–water partition coefficient (Wildman–Crippen LogP) is 4.82. The highest BCUT2D eigenvalue weighted by Crippen LogP contribution is 2.19. The van der Waals surface area contributed by atoms with E-state index >= 15 is 0 Å². The highest BCUT2D eigenvalue weighted by molar-refractivity contribution is 5.86. The van der Waals surface area contributed by atoms with Gasteiger partial charge >= 0.3 is 12.1 Å². The third kappa shape index (κ3) is 5.94. The van der Waals surface area contributed by atoms with E-state index in [9.17, 15) is 14.7 Å². The molecule has 0 spiro atoms. The van der Waals surface area contributed by atoms with Crippen molar-refractivity contribution in [1.29, 1.82) is 0 Å². The fourth-order valence-electron chi connectivity index (χ4n) is 3.17. The van der Waals surface area contributed by atoms with E-state index in [1.165, 1.54) is 10.7 Å². The Morgan fingerprint density at radius 3 is 2.29 bits per heavy atom. The molecular formula is C24H27N3O4. The average Bonchev–Trinajstić information content (AvgIpc) is 3.09. The number of aromatic carboxylic acids is 1. The summed E-state index contributed by atoms with van der Waals surface area (Å²) in [7, 11) is 0. The monoisotopic (exact) mass is 421 g/mol. The number of hydrogen-bond donors (Lipinski definition) is 1. The maximum absolute atomic E-state index is 12.9. The fourth-order valence-corrected chi connectivity index (χ4v) is 3.17. The second kappa shape index (κ2) is 9.04. The first kappa shape index (κ1) is 22.1. The van der Waals surface area contributed by atoms with Gasteiger partial charge in [-0.25, -0.2) is 14.3 Å². The lowest BCUT2D eigenvalue weighted by Crippen LogP contribution is -2.36. The Balaban J connectivity index is 1.90. The van der Waals surface area contributed by atoms with Crippen LogP contribution in [0.4, 0.5) is 4.79 Å². The number of ether oxygens (including phenoxy) is 1. The summed E-state index contributed by atoms with van der Waals surface area (Å²) in [5, 5.41) is 13.8. The maximum Gasteiger partial charge on any atom is 0.410 e. The van der Waals surface area contributed by atoms with E-state index in [0.717, 1.165) is 11.1 Å². The Labute approximate surface area is 181 Å². The van der Waals surface area contributed by atoms with Crippen LogP contribution in [0.5, 0.6) is 0 Å². The average molecular weight is 421 g/mol. The number of nitrogens with zero attached hydrogens (tertiary/aromatic N) is 3. The summed E-state index contributed by atoms with van der Waals surface area (Å²) in [6.45, 7) is 7.94. The predicted molar refractivity (Wildman–Crippen MR) is 117 cm³/mol. The largest absolute Gasteiger partial charge is 0.477 e. The molecule has 0 radical (unpaired) electrons. The molecule has 0 fully saturated rings. The van der Waals surface area contributed by atoms with Crippen LogP contribution in [0.15, 0.2) is 60.7 Å². The highest BCUT2D eigenvalue weighted by Gasteiger charge is 2.23. The zero-order chi connectivity index (χ0) is 22.6. The summed E-state index contributed by atoms with van der Waals surface area (Å²) < 4.78 is 7.00. The summed E-state index contributed by atoms with van der Waals surface area (Å²) in [5.41, 5.74) is 2.53. The number of amides is 1. The number of hydrogen-bond acceptors (Lipinski definition) is 4. The van der Waals surface area contributed by atoms with Gasteiger partial charge in [0.1, 0.15) is 5.60 Å². The topological polar surface area (TPSA) is 84.7 Å². The first-order valence-electron chi connectivity index (χ1n) is 10.0. The van der Waals surface area contributed by atoms with Crippen LogP contribution < -0.4 is 0 Å². The Bertz CT molecular complexity index is 1070. The van der Waals surface area contributed by atoms with Gasteiger partial charge in [-0.15, -0.1) is 0 Å². The second-order valence-corrected chi connectivity index (χ2v) is 8.38. The van der Waals surface area contributed by atoms with E-state index in [4.69, 9.17) is 4.74 Å². The van der Waals surface area contributed by atoms with Crippen molar-refractivity contribution >= 4 is 12.1 Å². The minimum absolute atomic E-state index is 0.0860. The molecule has 0 aliphatic carbocycles. The molecule has 1 aromatic heterocycles. The molecule has 0 saturated carbocycles. The number of aromatic nitrogens is 2. The van der Waals surface area contributed by atoms with E-state index in [0.29, 0.717) is 24.5 Å². The van der Waals surface area contributed by atoms with E-state index in [2.05, 4.69) is 5.10 Å². The van der Waals surface area contributed by atoms with Crippen LogP contribution in [0.3, 0.4) is 0 Å². The zero-order valence-corrected chi connectivity index (χ0v) is 18.2. The Hall–Kier alpha value is -3.61. The van der Waals surface area contributed by atoms with Crippen LogP contribution in [0.2, 0.25) is 0 Å². The van der Waals surface area contributed by atoms with Crippen molar-refractivity contribution in [3.05, 3.63) is 83.2 Å². The third-order valence-electron chi connectivity index (χ3n) is 4.45. The molecule has 1 amide bonds. The van der Waals surface area contributed by atoms with Crippen LogP contribution in [-0.2, 0) is 17.8 Å². The minimum Gasteiger partial charge on any atom is -0.477 e. The van der Waals surface area contributed by atoms with Gasteiger partial charge in [0.05, 0.1) is 11.4 Å². The molecule has 1 heterocycles. The molecule has 7 heteroatoms. The minimum atomic E-state index is -1.05.